The first-order chi connectivity index (χ1) is 9.90. The Morgan fingerprint density at radius 1 is 1.29 bits per heavy atom. The van der Waals surface area contributed by atoms with Crippen LogP contribution in [0.25, 0.3) is 0 Å². The zero-order valence-corrected chi connectivity index (χ0v) is 12.9. The lowest BCUT2D eigenvalue weighted by Crippen LogP contribution is -2.42. The Labute approximate surface area is 125 Å². The molecule has 0 spiro atoms. The minimum absolute atomic E-state index is 0.0806. The number of anilines is 1. The Hall–Kier alpha value is -1.60. The molecule has 2 rings (SSSR count). The standard InChI is InChI=1S/C14H21N3O3S/c1-11-5-6-12(9-13(11)15)21(19,20)16-10-14(18)17-7-3-2-4-8-17/h5-6,9,16H,2-4,7-8,10,15H2,1H3. The molecule has 0 aromatic heterocycles. The highest BCUT2D eigenvalue weighted by atomic mass is 32.2. The fourth-order valence-electron chi connectivity index (χ4n) is 2.28. The molecule has 1 aliphatic heterocycles. The van der Waals surface area contributed by atoms with Gasteiger partial charge in [0.25, 0.3) is 0 Å². The van der Waals surface area contributed by atoms with Crippen LogP contribution in [-0.2, 0) is 14.8 Å². The summed E-state index contributed by atoms with van der Waals surface area (Å²) in [5, 5.41) is 0. The minimum atomic E-state index is -3.71. The predicted molar refractivity (Wildman–Crippen MR) is 81.2 cm³/mol. The second-order valence-electron chi connectivity index (χ2n) is 5.28. The van der Waals surface area contributed by atoms with Gasteiger partial charge in [0.2, 0.25) is 15.9 Å². The maximum absolute atomic E-state index is 12.1. The first-order valence-corrected chi connectivity index (χ1v) is 8.52. The van der Waals surface area contributed by atoms with Crippen molar-refractivity contribution in [3.05, 3.63) is 23.8 Å². The lowest BCUT2D eigenvalue weighted by molar-refractivity contribution is -0.130. The maximum Gasteiger partial charge on any atom is 0.241 e. The lowest BCUT2D eigenvalue weighted by atomic mass is 10.1. The van der Waals surface area contributed by atoms with Crippen molar-refractivity contribution in [1.82, 2.24) is 9.62 Å². The second kappa shape index (κ2) is 6.44. The Morgan fingerprint density at radius 2 is 1.95 bits per heavy atom. The molecule has 1 aromatic carbocycles. The average Bonchev–Trinajstić information content (AvgIpc) is 2.48. The molecule has 0 unspecified atom stereocenters. The molecule has 1 aliphatic rings. The number of aryl methyl sites for hydroxylation is 1. The summed E-state index contributed by atoms with van der Waals surface area (Å²) >= 11 is 0. The quantitative estimate of drug-likeness (QED) is 0.807. The van der Waals surface area contributed by atoms with Crippen molar-refractivity contribution in [3.8, 4) is 0 Å². The summed E-state index contributed by atoms with van der Waals surface area (Å²) in [6.45, 7) is 3.01. The SMILES string of the molecule is Cc1ccc(S(=O)(=O)NCC(=O)N2CCCCC2)cc1N. The van der Waals surface area contributed by atoms with Crippen LogP contribution in [0.3, 0.4) is 0 Å². The van der Waals surface area contributed by atoms with E-state index in [4.69, 9.17) is 5.73 Å². The van der Waals surface area contributed by atoms with Gasteiger partial charge in [-0.15, -0.1) is 0 Å². The molecular formula is C14H21N3O3S. The Balaban J connectivity index is 2.00. The first kappa shape index (κ1) is 15.8. The number of likely N-dealkylation sites (tertiary alicyclic amines) is 1. The summed E-state index contributed by atoms with van der Waals surface area (Å²) < 4.78 is 26.6. The third-order valence-corrected chi connectivity index (χ3v) is 5.08. The number of carbonyl (C=O) groups is 1. The summed E-state index contributed by atoms with van der Waals surface area (Å²) in [6, 6.07) is 4.54. The van der Waals surface area contributed by atoms with Crippen molar-refractivity contribution in [2.75, 3.05) is 25.4 Å². The molecule has 7 heteroatoms. The monoisotopic (exact) mass is 311 g/mol. The number of hydrogen-bond donors (Lipinski definition) is 2. The fourth-order valence-corrected chi connectivity index (χ4v) is 3.29. The number of nitrogens with two attached hydrogens (primary N) is 1. The van der Waals surface area contributed by atoms with Gasteiger partial charge in [0.05, 0.1) is 11.4 Å². The van der Waals surface area contributed by atoms with E-state index in [-0.39, 0.29) is 17.3 Å². The smallest absolute Gasteiger partial charge is 0.241 e. The normalized spacial score (nSPS) is 16.0. The summed E-state index contributed by atoms with van der Waals surface area (Å²) in [4.78, 5) is 13.8. The third kappa shape index (κ3) is 3.95. The molecule has 3 N–H and O–H groups in total. The van der Waals surface area contributed by atoms with E-state index in [1.54, 1.807) is 17.9 Å². The number of nitrogens with one attached hydrogen (secondary N) is 1. The minimum Gasteiger partial charge on any atom is -0.398 e. The molecule has 21 heavy (non-hydrogen) atoms. The van der Waals surface area contributed by atoms with Crippen LogP contribution in [0.1, 0.15) is 24.8 Å². The predicted octanol–water partition coefficient (Wildman–Crippen LogP) is 0.868. The highest BCUT2D eigenvalue weighted by molar-refractivity contribution is 7.89. The van der Waals surface area contributed by atoms with E-state index in [1.807, 2.05) is 0 Å². The molecule has 1 amide bonds. The molecule has 0 radical (unpaired) electrons. The van der Waals surface area contributed by atoms with Gasteiger partial charge in [-0.3, -0.25) is 4.79 Å². The zero-order valence-electron chi connectivity index (χ0n) is 12.1. The van der Waals surface area contributed by atoms with Crippen LogP contribution in [0.15, 0.2) is 23.1 Å². The van der Waals surface area contributed by atoms with E-state index in [1.165, 1.54) is 12.1 Å². The molecular weight excluding hydrogens is 290 g/mol. The molecule has 6 nitrogen and oxygen atoms in total. The van der Waals surface area contributed by atoms with E-state index in [2.05, 4.69) is 4.72 Å². The van der Waals surface area contributed by atoms with Gasteiger partial charge in [-0.05, 0) is 43.9 Å². The Bertz CT molecular complexity index is 622. The molecule has 116 valence electrons. The Morgan fingerprint density at radius 3 is 2.57 bits per heavy atom. The molecule has 1 aromatic rings. The number of amides is 1. The van der Waals surface area contributed by atoms with E-state index >= 15 is 0 Å². The van der Waals surface area contributed by atoms with Gasteiger partial charge in [-0.2, -0.15) is 0 Å². The van der Waals surface area contributed by atoms with Gasteiger partial charge >= 0.3 is 0 Å². The lowest BCUT2D eigenvalue weighted by Gasteiger charge is -2.26. The van der Waals surface area contributed by atoms with Crippen molar-refractivity contribution in [1.29, 1.82) is 0 Å². The van der Waals surface area contributed by atoms with Crippen molar-refractivity contribution in [3.63, 3.8) is 0 Å². The van der Waals surface area contributed by atoms with Crippen LogP contribution in [0, 0.1) is 6.92 Å². The number of carbonyl (C=O) groups excluding carboxylic acids is 1. The van der Waals surface area contributed by atoms with Gasteiger partial charge in [-0.1, -0.05) is 6.07 Å². The molecule has 0 saturated carbocycles. The van der Waals surface area contributed by atoms with Crippen LogP contribution in [0.5, 0.6) is 0 Å². The summed E-state index contributed by atoms with van der Waals surface area (Å²) in [6.07, 6.45) is 3.08. The molecule has 0 bridgehead atoms. The van der Waals surface area contributed by atoms with Crippen molar-refractivity contribution < 1.29 is 13.2 Å². The first-order valence-electron chi connectivity index (χ1n) is 7.04. The van der Waals surface area contributed by atoms with Gasteiger partial charge in [-0.25, -0.2) is 13.1 Å². The fraction of sp³-hybridized carbons (Fsp3) is 0.500. The number of hydrogen-bond acceptors (Lipinski definition) is 4. The second-order valence-corrected chi connectivity index (χ2v) is 7.05. The average molecular weight is 311 g/mol. The molecule has 1 saturated heterocycles. The van der Waals surface area contributed by atoms with Crippen LogP contribution >= 0.6 is 0 Å². The van der Waals surface area contributed by atoms with Gasteiger partial charge in [0.15, 0.2) is 0 Å². The topological polar surface area (TPSA) is 92.5 Å². The number of nitrogens with zero attached hydrogens (tertiary/aromatic N) is 1. The summed E-state index contributed by atoms with van der Waals surface area (Å²) in [5.74, 6) is -0.182. The van der Waals surface area contributed by atoms with Crippen molar-refractivity contribution >= 4 is 21.6 Å². The number of sulfonamides is 1. The van der Waals surface area contributed by atoms with Gasteiger partial charge in [0.1, 0.15) is 0 Å². The summed E-state index contributed by atoms with van der Waals surface area (Å²) in [5.41, 5.74) is 6.96. The van der Waals surface area contributed by atoms with Crippen LogP contribution in [0.4, 0.5) is 5.69 Å². The van der Waals surface area contributed by atoms with Gasteiger partial charge < -0.3 is 10.6 Å². The van der Waals surface area contributed by atoms with Gasteiger partial charge in [0, 0.05) is 18.8 Å². The maximum atomic E-state index is 12.1. The zero-order chi connectivity index (χ0) is 15.5. The highest BCUT2D eigenvalue weighted by Crippen LogP contribution is 2.17. The molecule has 0 aliphatic carbocycles. The molecule has 1 fully saturated rings. The van der Waals surface area contributed by atoms with Crippen molar-refractivity contribution in [2.45, 2.75) is 31.1 Å². The number of benzene rings is 1. The Kier molecular flexibility index (Phi) is 4.84. The van der Waals surface area contributed by atoms with Crippen molar-refractivity contribution in [2.24, 2.45) is 0 Å². The van der Waals surface area contributed by atoms with Crippen LogP contribution < -0.4 is 10.5 Å². The molecule has 1 heterocycles. The number of piperidine rings is 1. The third-order valence-electron chi connectivity index (χ3n) is 3.68. The van der Waals surface area contributed by atoms with Crippen LogP contribution in [-0.4, -0.2) is 38.9 Å². The van der Waals surface area contributed by atoms with E-state index < -0.39 is 10.0 Å². The van der Waals surface area contributed by atoms with E-state index in [0.29, 0.717) is 18.8 Å². The summed E-state index contributed by atoms with van der Waals surface area (Å²) in [7, 11) is -3.71. The van der Waals surface area contributed by atoms with E-state index in [0.717, 1.165) is 24.8 Å². The number of rotatable bonds is 4. The molecule has 0 atom stereocenters. The number of nitrogen functional groups attached to an aromatic ring is 1. The van der Waals surface area contributed by atoms with Crippen LogP contribution in [0.2, 0.25) is 0 Å². The highest BCUT2D eigenvalue weighted by Gasteiger charge is 2.20. The largest absolute Gasteiger partial charge is 0.398 e. The van der Waals surface area contributed by atoms with E-state index in [9.17, 15) is 13.2 Å².